The quantitative estimate of drug-likeness (QED) is 0.779. The first kappa shape index (κ1) is 19.8. The Kier molecular flexibility index (Phi) is 9.08. The first-order valence-corrected chi connectivity index (χ1v) is 9.01. The molecule has 3 atom stereocenters. The molecule has 130 valence electrons. The van der Waals surface area contributed by atoms with Crippen molar-refractivity contribution in [1.29, 1.82) is 0 Å². The van der Waals surface area contributed by atoms with Crippen LogP contribution in [0.1, 0.15) is 72.1 Å². The number of aliphatic hydroxyl groups excluding tert-OH is 1. The Morgan fingerprint density at radius 3 is 2.57 bits per heavy atom. The molecule has 1 rings (SSSR count). The standard InChI is InChI=1S/C20H32O3/c1-4-17-13-20(23)14-19(22)9-7-5-6-8-18(21)11-10-15(2)12-16(17)3/h10-12,16-17,19,22H,4-9,13-14H2,1-3H3/b11-10+,15-12+/t16-,17-,19?/m0/s1. The Morgan fingerprint density at radius 2 is 1.87 bits per heavy atom. The molecule has 1 N–H and O–H groups in total. The lowest BCUT2D eigenvalue weighted by Gasteiger charge is -2.20. The molecule has 0 bridgehead atoms. The number of aliphatic hydroxyl groups is 1. The Labute approximate surface area is 140 Å². The van der Waals surface area contributed by atoms with Crippen molar-refractivity contribution in [2.75, 3.05) is 0 Å². The van der Waals surface area contributed by atoms with Crippen molar-refractivity contribution in [3.8, 4) is 0 Å². The van der Waals surface area contributed by atoms with E-state index in [0.29, 0.717) is 25.2 Å². The van der Waals surface area contributed by atoms with E-state index in [1.165, 1.54) is 0 Å². The highest BCUT2D eigenvalue weighted by molar-refractivity contribution is 5.89. The smallest absolute Gasteiger partial charge is 0.155 e. The van der Waals surface area contributed by atoms with Crippen LogP contribution in [0.25, 0.3) is 0 Å². The van der Waals surface area contributed by atoms with E-state index in [0.717, 1.165) is 31.3 Å². The summed E-state index contributed by atoms with van der Waals surface area (Å²) >= 11 is 0. The highest BCUT2D eigenvalue weighted by Crippen LogP contribution is 2.24. The fraction of sp³-hybridized carbons (Fsp3) is 0.700. The van der Waals surface area contributed by atoms with E-state index >= 15 is 0 Å². The summed E-state index contributed by atoms with van der Waals surface area (Å²) in [5.74, 6) is 0.913. The van der Waals surface area contributed by atoms with Crippen molar-refractivity contribution in [3.05, 3.63) is 23.8 Å². The maximum Gasteiger partial charge on any atom is 0.155 e. The molecule has 0 aromatic heterocycles. The molecule has 0 saturated heterocycles. The molecule has 0 aliphatic heterocycles. The van der Waals surface area contributed by atoms with Crippen molar-refractivity contribution in [2.24, 2.45) is 11.8 Å². The number of ketones is 2. The number of Topliss-reactive ketones (excluding diaryl/α,β-unsaturated/α-hetero) is 1. The van der Waals surface area contributed by atoms with Crippen molar-refractivity contribution < 1.29 is 14.7 Å². The number of carbonyl (C=O) groups excluding carboxylic acids is 2. The molecule has 1 unspecified atom stereocenters. The molecule has 0 aromatic carbocycles. The van der Waals surface area contributed by atoms with Gasteiger partial charge in [0.15, 0.2) is 5.78 Å². The number of hydrogen-bond acceptors (Lipinski definition) is 3. The van der Waals surface area contributed by atoms with Gasteiger partial charge in [-0.2, -0.15) is 0 Å². The summed E-state index contributed by atoms with van der Waals surface area (Å²) in [6.45, 7) is 6.23. The molecule has 0 spiro atoms. The van der Waals surface area contributed by atoms with Gasteiger partial charge in [-0.3, -0.25) is 9.59 Å². The second kappa shape index (κ2) is 10.5. The molecule has 0 amide bonds. The van der Waals surface area contributed by atoms with E-state index in [1.54, 1.807) is 6.08 Å². The van der Waals surface area contributed by atoms with E-state index < -0.39 is 6.10 Å². The summed E-state index contributed by atoms with van der Waals surface area (Å²) in [6, 6.07) is 0. The third kappa shape index (κ3) is 8.26. The van der Waals surface area contributed by atoms with Crippen LogP contribution in [0, 0.1) is 11.8 Å². The minimum Gasteiger partial charge on any atom is -0.393 e. The van der Waals surface area contributed by atoms with Crippen LogP contribution in [-0.4, -0.2) is 22.8 Å². The summed E-state index contributed by atoms with van der Waals surface area (Å²) in [5.41, 5.74) is 1.07. The molecule has 0 saturated carbocycles. The van der Waals surface area contributed by atoms with Gasteiger partial charge in [0.05, 0.1) is 6.10 Å². The van der Waals surface area contributed by atoms with E-state index in [1.807, 2.05) is 13.0 Å². The van der Waals surface area contributed by atoms with Gasteiger partial charge in [0.2, 0.25) is 0 Å². The zero-order valence-electron chi connectivity index (χ0n) is 14.9. The Hall–Kier alpha value is -1.22. The van der Waals surface area contributed by atoms with Crippen LogP contribution in [0.5, 0.6) is 0 Å². The fourth-order valence-electron chi connectivity index (χ4n) is 3.21. The van der Waals surface area contributed by atoms with E-state index in [-0.39, 0.29) is 23.9 Å². The summed E-state index contributed by atoms with van der Waals surface area (Å²) in [6.07, 6.45) is 10.8. The molecular formula is C20H32O3. The van der Waals surface area contributed by atoms with Crippen LogP contribution in [0.3, 0.4) is 0 Å². The van der Waals surface area contributed by atoms with Gasteiger partial charge in [0.25, 0.3) is 0 Å². The largest absolute Gasteiger partial charge is 0.393 e. The highest BCUT2D eigenvalue weighted by Gasteiger charge is 2.19. The second-order valence-electron chi connectivity index (χ2n) is 6.94. The Morgan fingerprint density at radius 1 is 1.13 bits per heavy atom. The lowest BCUT2D eigenvalue weighted by molar-refractivity contribution is -0.122. The van der Waals surface area contributed by atoms with Gasteiger partial charge in [-0.15, -0.1) is 0 Å². The maximum absolute atomic E-state index is 12.2. The number of hydrogen-bond donors (Lipinski definition) is 1. The molecule has 3 nitrogen and oxygen atoms in total. The predicted molar refractivity (Wildman–Crippen MR) is 94.2 cm³/mol. The first-order valence-electron chi connectivity index (χ1n) is 9.01. The van der Waals surface area contributed by atoms with Gasteiger partial charge in [0.1, 0.15) is 5.78 Å². The number of carbonyl (C=O) groups is 2. The van der Waals surface area contributed by atoms with Gasteiger partial charge < -0.3 is 5.11 Å². The average Bonchev–Trinajstić information content (AvgIpc) is 2.49. The van der Waals surface area contributed by atoms with Crippen LogP contribution in [0.2, 0.25) is 0 Å². The maximum atomic E-state index is 12.2. The van der Waals surface area contributed by atoms with Crippen molar-refractivity contribution in [2.45, 2.75) is 78.2 Å². The molecule has 0 heterocycles. The van der Waals surface area contributed by atoms with Crippen molar-refractivity contribution >= 4 is 11.6 Å². The van der Waals surface area contributed by atoms with Crippen LogP contribution in [0.4, 0.5) is 0 Å². The zero-order chi connectivity index (χ0) is 17.2. The van der Waals surface area contributed by atoms with Crippen LogP contribution < -0.4 is 0 Å². The van der Waals surface area contributed by atoms with Gasteiger partial charge in [-0.1, -0.05) is 50.8 Å². The van der Waals surface area contributed by atoms with Crippen LogP contribution >= 0.6 is 0 Å². The summed E-state index contributed by atoms with van der Waals surface area (Å²) < 4.78 is 0. The summed E-state index contributed by atoms with van der Waals surface area (Å²) in [5, 5.41) is 10.00. The molecular weight excluding hydrogens is 288 g/mol. The normalized spacial score (nSPS) is 33.0. The molecule has 0 aromatic rings. The molecule has 23 heavy (non-hydrogen) atoms. The van der Waals surface area contributed by atoms with Gasteiger partial charge in [0, 0.05) is 19.3 Å². The molecule has 1 aliphatic rings. The van der Waals surface area contributed by atoms with Gasteiger partial charge >= 0.3 is 0 Å². The van der Waals surface area contributed by atoms with E-state index in [4.69, 9.17) is 0 Å². The fourth-order valence-corrected chi connectivity index (χ4v) is 3.21. The number of rotatable bonds is 1. The van der Waals surface area contributed by atoms with Gasteiger partial charge in [-0.05, 0) is 37.7 Å². The van der Waals surface area contributed by atoms with Crippen LogP contribution in [0.15, 0.2) is 23.8 Å². The van der Waals surface area contributed by atoms with Crippen molar-refractivity contribution in [1.82, 2.24) is 0 Å². The molecule has 0 radical (unpaired) electrons. The average molecular weight is 320 g/mol. The molecule has 0 fully saturated rings. The van der Waals surface area contributed by atoms with Crippen LogP contribution in [-0.2, 0) is 9.59 Å². The summed E-state index contributed by atoms with van der Waals surface area (Å²) in [4.78, 5) is 24.0. The minimum atomic E-state index is -0.531. The SMILES string of the molecule is CC[C@H]1CC(=O)CC(O)CCCCCC(=O)/C=C/C(C)=C/[C@@H]1C. The van der Waals surface area contributed by atoms with E-state index in [9.17, 15) is 14.7 Å². The Bertz CT molecular complexity index is 448. The first-order chi connectivity index (χ1) is 10.9. The second-order valence-corrected chi connectivity index (χ2v) is 6.94. The lowest BCUT2D eigenvalue weighted by atomic mass is 9.85. The number of allylic oxidation sites excluding steroid dienone is 4. The zero-order valence-corrected chi connectivity index (χ0v) is 14.9. The summed E-state index contributed by atoms with van der Waals surface area (Å²) in [7, 11) is 0. The van der Waals surface area contributed by atoms with E-state index in [2.05, 4.69) is 19.9 Å². The monoisotopic (exact) mass is 320 g/mol. The minimum absolute atomic E-state index is 0.167. The predicted octanol–water partition coefficient (Wildman–Crippen LogP) is 4.39. The third-order valence-electron chi connectivity index (χ3n) is 4.74. The third-order valence-corrected chi connectivity index (χ3v) is 4.74. The molecule has 1 aliphatic carbocycles. The lowest BCUT2D eigenvalue weighted by Crippen LogP contribution is -2.19. The van der Waals surface area contributed by atoms with Crippen molar-refractivity contribution in [3.63, 3.8) is 0 Å². The highest BCUT2D eigenvalue weighted by atomic mass is 16.3. The topological polar surface area (TPSA) is 54.4 Å². The molecule has 3 heteroatoms. The van der Waals surface area contributed by atoms with Gasteiger partial charge in [-0.25, -0.2) is 0 Å². The Balaban J connectivity index is 2.83.